The third kappa shape index (κ3) is 3.93. The highest BCUT2D eigenvalue weighted by molar-refractivity contribution is 7.92. The van der Waals surface area contributed by atoms with Crippen LogP contribution in [0.1, 0.15) is 5.89 Å². The summed E-state index contributed by atoms with van der Waals surface area (Å²) in [5, 5.41) is 10.4. The number of nitrogens with one attached hydrogen (secondary N) is 2. The fourth-order valence-corrected chi connectivity index (χ4v) is 2.66. The molecule has 1 fully saturated rings. The predicted molar refractivity (Wildman–Crippen MR) is 65.8 cm³/mol. The number of aromatic nitrogens is 2. The number of aryl methyl sites for hydroxylation is 1. The van der Waals surface area contributed by atoms with Crippen LogP contribution in [0, 0.1) is 6.92 Å². The van der Waals surface area contributed by atoms with Crippen molar-refractivity contribution in [1.82, 2.24) is 20.4 Å². The fourth-order valence-electron chi connectivity index (χ4n) is 1.71. The molecule has 1 saturated heterocycles. The molecule has 1 aliphatic rings. The van der Waals surface area contributed by atoms with E-state index in [1.165, 1.54) is 0 Å². The summed E-state index contributed by atoms with van der Waals surface area (Å²) in [5.74, 6) is 0.351. The topological polar surface area (TPSA) is 100 Å². The SMILES string of the molecule is Cc1nnc(NS(=O)(=O)CCN2CCNCC2)o1. The van der Waals surface area contributed by atoms with Gasteiger partial charge in [-0.3, -0.25) is 4.90 Å². The first-order valence-electron chi connectivity index (χ1n) is 5.79. The van der Waals surface area contributed by atoms with Gasteiger partial charge in [-0.1, -0.05) is 5.10 Å². The Kier molecular flexibility index (Phi) is 4.15. The van der Waals surface area contributed by atoms with E-state index in [0.29, 0.717) is 12.4 Å². The lowest BCUT2D eigenvalue weighted by atomic mass is 10.4. The Labute approximate surface area is 106 Å². The second-order valence-electron chi connectivity index (χ2n) is 4.14. The van der Waals surface area contributed by atoms with Gasteiger partial charge in [0.1, 0.15) is 0 Å². The quantitative estimate of drug-likeness (QED) is 0.712. The van der Waals surface area contributed by atoms with Gasteiger partial charge in [0, 0.05) is 39.6 Å². The zero-order valence-corrected chi connectivity index (χ0v) is 11.0. The molecule has 0 atom stereocenters. The smallest absolute Gasteiger partial charge is 0.329 e. The van der Waals surface area contributed by atoms with Crippen LogP contribution in [0.5, 0.6) is 0 Å². The molecule has 0 aromatic carbocycles. The standard InChI is InChI=1S/C9H17N5O3S/c1-8-11-12-9(17-8)13-18(15,16)7-6-14-4-2-10-3-5-14/h10H,2-7H2,1H3,(H,12,13). The molecule has 8 nitrogen and oxygen atoms in total. The summed E-state index contributed by atoms with van der Waals surface area (Å²) in [7, 11) is -3.43. The summed E-state index contributed by atoms with van der Waals surface area (Å²) in [6, 6.07) is -0.0761. The van der Waals surface area contributed by atoms with Crippen molar-refractivity contribution in [2.75, 3.05) is 43.2 Å². The Hall–Kier alpha value is -1.19. The molecule has 0 unspecified atom stereocenters. The number of anilines is 1. The van der Waals surface area contributed by atoms with E-state index in [1.807, 2.05) is 0 Å². The number of rotatable bonds is 5. The van der Waals surface area contributed by atoms with Crippen LogP contribution < -0.4 is 10.0 Å². The average Bonchev–Trinajstić information content (AvgIpc) is 2.73. The molecule has 0 spiro atoms. The minimum Gasteiger partial charge on any atom is -0.408 e. The Morgan fingerprint density at radius 2 is 2.11 bits per heavy atom. The average molecular weight is 275 g/mol. The molecule has 1 aromatic rings. The van der Waals surface area contributed by atoms with Crippen molar-refractivity contribution in [2.24, 2.45) is 0 Å². The first kappa shape index (κ1) is 13.2. The molecule has 0 amide bonds. The highest BCUT2D eigenvalue weighted by atomic mass is 32.2. The summed E-state index contributed by atoms with van der Waals surface area (Å²) in [6.45, 7) is 5.65. The van der Waals surface area contributed by atoms with Gasteiger partial charge >= 0.3 is 6.01 Å². The highest BCUT2D eigenvalue weighted by Gasteiger charge is 2.17. The molecule has 2 N–H and O–H groups in total. The molecular formula is C9H17N5O3S. The second kappa shape index (κ2) is 5.63. The molecule has 18 heavy (non-hydrogen) atoms. The maximum Gasteiger partial charge on any atom is 0.329 e. The van der Waals surface area contributed by atoms with E-state index in [9.17, 15) is 8.42 Å². The van der Waals surface area contributed by atoms with Crippen LogP contribution in [0.2, 0.25) is 0 Å². The van der Waals surface area contributed by atoms with Crippen molar-refractivity contribution in [3.8, 4) is 0 Å². The summed E-state index contributed by atoms with van der Waals surface area (Å²) in [5.41, 5.74) is 0. The minimum absolute atomic E-state index is 0.0222. The predicted octanol–water partition coefficient (Wildman–Crippen LogP) is -0.975. The summed E-state index contributed by atoms with van der Waals surface area (Å²) in [6.07, 6.45) is 0. The van der Waals surface area contributed by atoms with E-state index >= 15 is 0 Å². The van der Waals surface area contributed by atoms with Gasteiger partial charge in [0.15, 0.2) is 0 Å². The maximum absolute atomic E-state index is 11.8. The maximum atomic E-state index is 11.8. The van der Waals surface area contributed by atoms with Crippen LogP contribution >= 0.6 is 0 Å². The van der Waals surface area contributed by atoms with Gasteiger partial charge in [-0.15, -0.1) is 5.10 Å². The monoisotopic (exact) mass is 275 g/mol. The van der Waals surface area contributed by atoms with Crippen molar-refractivity contribution in [1.29, 1.82) is 0 Å². The van der Waals surface area contributed by atoms with Gasteiger partial charge < -0.3 is 9.73 Å². The minimum atomic E-state index is -3.43. The molecule has 9 heteroatoms. The Morgan fingerprint density at radius 3 is 2.72 bits per heavy atom. The first-order valence-corrected chi connectivity index (χ1v) is 7.44. The molecular weight excluding hydrogens is 258 g/mol. The van der Waals surface area contributed by atoms with Crippen molar-refractivity contribution in [2.45, 2.75) is 6.92 Å². The number of nitrogens with zero attached hydrogens (tertiary/aromatic N) is 3. The zero-order valence-electron chi connectivity index (χ0n) is 10.2. The Balaban J connectivity index is 1.83. The fraction of sp³-hybridized carbons (Fsp3) is 0.778. The third-order valence-corrected chi connectivity index (χ3v) is 3.86. The molecule has 1 aliphatic heterocycles. The molecule has 0 bridgehead atoms. The lowest BCUT2D eigenvalue weighted by Gasteiger charge is -2.26. The van der Waals surface area contributed by atoms with Crippen LogP contribution in [0.25, 0.3) is 0 Å². The zero-order chi connectivity index (χ0) is 13.0. The van der Waals surface area contributed by atoms with Crippen LogP contribution in [0.15, 0.2) is 4.42 Å². The van der Waals surface area contributed by atoms with Crippen molar-refractivity contribution >= 4 is 16.0 Å². The van der Waals surface area contributed by atoms with E-state index in [-0.39, 0.29) is 11.8 Å². The van der Waals surface area contributed by atoms with E-state index in [0.717, 1.165) is 26.2 Å². The van der Waals surface area contributed by atoms with Gasteiger partial charge in [0.05, 0.1) is 5.75 Å². The summed E-state index contributed by atoms with van der Waals surface area (Å²) >= 11 is 0. The van der Waals surface area contributed by atoms with Crippen molar-refractivity contribution in [3.63, 3.8) is 0 Å². The number of sulfonamides is 1. The summed E-state index contributed by atoms with van der Waals surface area (Å²) < 4.78 is 30.8. The summed E-state index contributed by atoms with van der Waals surface area (Å²) in [4.78, 5) is 2.11. The number of hydrogen-bond acceptors (Lipinski definition) is 7. The number of hydrogen-bond donors (Lipinski definition) is 2. The number of piperazine rings is 1. The molecule has 0 radical (unpaired) electrons. The van der Waals surface area contributed by atoms with Gasteiger partial charge in [-0.25, -0.2) is 13.1 Å². The normalized spacial score (nSPS) is 17.8. The highest BCUT2D eigenvalue weighted by Crippen LogP contribution is 2.07. The van der Waals surface area contributed by atoms with E-state index < -0.39 is 10.0 Å². The lowest BCUT2D eigenvalue weighted by Crippen LogP contribution is -2.45. The molecule has 102 valence electrons. The Bertz CT molecular complexity index is 480. The van der Waals surface area contributed by atoms with Crippen LogP contribution in [0.3, 0.4) is 0 Å². The van der Waals surface area contributed by atoms with E-state index in [1.54, 1.807) is 6.92 Å². The van der Waals surface area contributed by atoms with Gasteiger partial charge in [0.25, 0.3) is 0 Å². The van der Waals surface area contributed by atoms with Crippen LogP contribution in [-0.2, 0) is 10.0 Å². The van der Waals surface area contributed by atoms with E-state index in [2.05, 4.69) is 25.1 Å². The van der Waals surface area contributed by atoms with Gasteiger partial charge in [-0.2, -0.15) is 0 Å². The lowest BCUT2D eigenvalue weighted by molar-refractivity contribution is 0.254. The van der Waals surface area contributed by atoms with E-state index in [4.69, 9.17) is 4.42 Å². The Morgan fingerprint density at radius 1 is 1.39 bits per heavy atom. The van der Waals surface area contributed by atoms with Crippen LogP contribution in [0.4, 0.5) is 6.01 Å². The van der Waals surface area contributed by atoms with Crippen molar-refractivity contribution < 1.29 is 12.8 Å². The van der Waals surface area contributed by atoms with Gasteiger partial charge in [0.2, 0.25) is 15.9 Å². The molecule has 0 aliphatic carbocycles. The molecule has 2 rings (SSSR count). The largest absolute Gasteiger partial charge is 0.408 e. The van der Waals surface area contributed by atoms with Gasteiger partial charge in [-0.05, 0) is 0 Å². The van der Waals surface area contributed by atoms with Crippen molar-refractivity contribution in [3.05, 3.63) is 5.89 Å². The first-order chi connectivity index (χ1) is 8.55. The molecule has 1 aromatic heterocycles. The molecule has 0 saturated carbocycles. The third-order valence-electron chi connectivity index (χ3n) is 2.65. The van der Waals surface area contributed by atoms with Crippen LogP contribution in [-0.4, -0.2) is 62.0 Å². The molecule has 2 heterocycles. The second-order valence-corrected chi connectivity index (χ2v) is 5.98.